The predicted molar refractivity (Wildman–Crippen MR) is 79.8 cm³/mol. The summed E-state index contributed by atoms with van der Waals surface area (Å²) in [6.45, 7) is 3.79. The van der Waals surface area contributed by atoms with Gasteiger partial charge in [-0.05, 0) is 50.6 Å². The molecule has 0 atom stereocenters. The lowest BCUT2D eigenvalue weighted by atomic mass is 9.89. The maximum absolute atomic E-state index is 12.5. The number of halogens is 3. The maximum atomic E-state index is 12.5. The lowest BCUT2D eigenvalue weighted by Crippen LogP contribution is -2.07. The molecule has 0 aromatic heterocycles. The third-order valence-corrected chi connectivity index (χ3v) is 4.27. The fraction of sp³-hybridized carbons (Fsp3) is 0.533. The number of unbranched alkanes of at least 4 members (excludes halogenated alkanes) is 1. The minimum Gasteiger partial charge on any atom is -0.398 e. The van der Waals surface area contributed by atoms with Crippen molar-refractivity contribution >= 4 is 17.4 Å². The van der Waals surface area contributed by atoms with Gasteiger partial charge in [0, 0.05) is 10.6 Å². The number of hydrogen-bond donors (Lipinski definition) is 1. The number of benzene rings is 1. The van der Waals surface area contributed by atoms with E-state index >= 15 is 0 Å². The van der Waals surface area contributed by atoms with Crippen molar-refractivity contribution in [3.05, 3.63) is 23.8 Å². The van der Waals surface area contributed by atoms with E-state index in [1.165, 1.54) is 17.8 Å². The zero-order valence-corrected chi connectivity index (χ0v) is 12.9. The van der Waals surface area contributed by atoms with Crippen LogP contribution in [0.5, 0.6) is 0 Å². The van der Waals surface area contributed by atoms with Crippen molar-refractivity contribution in [2.45, 2.75) is 44.2 Å². The van der Waals surface area contributed by atoms with Crippen LogP contribution in [0.4, 0.5) is 18.9 Å². The molecule has 0 bridgehead atoms. The first kappa shape index (κ1) is 17.7. The summed E-state index contributed by atoms with van der Waals surface area (Å²) >= 11 is 1.45. The molecule has 0 heterocycles. The molecule has 0 aliphatic carbocycles. The molecule has 2 N–H and O–H groups in total. The first-order chi connectivity index (χ1) is 9.65. The highest BCUT2D eigenvalue weighted by atomic mass is 32.2. The van der Waals surface area contributed by atoms with Gasteiger partial charge in [0.2, 0.25) is 0 Å². The number of nitriles is 1. The zero-order valence-electron chi connectivity index (χ0n) is 12.1. The second-order valence-electron chi connectivity index (χ2n) is 5.55. The molecule has 1 aromatic carbocycles. The van der Waals surface area contributed by atoms with E-state index in [0.29, 0.717) is 4.90 Å². The second-order valence-corrected chi connectivity index (χ2v) is 6.69. The molecule has 0 amide bonds. The summed E-state index contributed by atoms with van der Waals surface area (Å²) in [5.74, 6) is 0.775. The summed E-state index contributed by atoms with van der Waals surface area (Å²) in [5, 5.41) is 8.89. The Morgan fingerprint density at radius 2 is 1.90 bits per heavy atom. The van der Waals surface area contributed by atoms with Gasteiger partial charge in [-0.3, -0.25) is 0 Å². The SMILES string of the molecule is CC(C)(C#N)CCCCSc1ccc(C(F)(F)F)cc1N. The van der Waals surface area contributed by atoms with Crippen LogP contribution in [0, 0.1) is 16.7 Å². The number of nitrogens with two attached hydrogens (primary N) is 1. The van der Waals surface area contributed by atoms with Crippen molar-refractivity contribution in [1.29, 1.82) is 5.26 Å². The molecular weight excluding hydrogens is 297 g/mol. The minimum absolute atomic E-state index is 0.159. The van der Waals surface area contributed by atoms with Crippen LogP contribution in [0.1, 0.15) is 38.7 Å². The summed E-state index contributed by atoms with van der Waals surface area (Å²) in [7, 11) is 0. The summed E-state index contributed by atoms with van der Waals surface area (Å²) < 4.78 is 37.5. The van der Waals surface area contributed by atoms with Crippen molar-refractivity contribution in [1.82, 2.24) is 0 Å². The van der Waals surface area contributed by atoms with Gasteiger partial charge in [-0.25, -0.2) is 0 Å². The van der Waals surface area contributed by atoms with Crippen molar-refractivity contribution in [3.8, 4) is 6.07 Å². The van der Waals surface area contributed by atoms with Crippen LogP contribution >= 0.6 is 11.8 Å². The van der Waals surface area contributed by atoms with Gasteiger partial charge < -0.3 is 5.73 Å². The summed E-state index contributed by atoms with van der Waals surface area (Å²) in [4.78, 5) is 0.669. The number of rotatable bonds is 6. The lowest BCUT2D eigenvalue weighted by Gasteiger charge is -2.14. The van der Waals surface area contributed by atoms with E-state index in [1.807, 2.05) is 13.8 Å². The molecule has 0 unspecified atom stereocenters. The van der Waals surface area contributed by atoms with Gasteiger partial charge in [-0.1, -0.05) is 6.42 Å². The topological polar surface area (TPSA) is 49.8 Å². The number of thioether (sulfide) groups is 1. The number of anilines is 1. The van der Waals surface area contributed by atoms with E-state index in [1.54, 1.807) is 0 Å². The van der Waals surface area contributed by atoms with Crippen LogP contribution in [0.3, 0.4) is 0 Å². The quantitative estimate of drug-likeness (QED) is 0.451. The molecular formula is C15H19F3N2S. The van der Waals surface area contributed by atoms with Gasteiger partial charge in [-0.15, -0.1) is 11.8 Å². The highest BCUT2D eigenvalue weighted by Gasteiger charge is 2.30. The average molecular weight is 316 g/mol. The smallest absolute Gasteiger partial charge is 0.398 e. The normalized spacial score (nSPS) is 12.2. The molecule has 0 aliphatic heterocycles. The van der Waals surface area contributed by atoms with Crippen LogP contribution in [0.25, 0.3) is 0 Å². The van der Waals surface area contributed by atoms with Crippen molar-refractivity contribution < 1.29 is 13.2 Å². The Labute approximate surface area is 127 Å². The van der Waals surface area contributed by atoms with Crippen LogP contribution in [0.2, 0.25) is 0 Å². The maximum Gasteiger partial charge on any atom is 0.416 e. The molecule has 0 radical (unpaired) electrons. The number of nitrogen functional groups attached to an aromatic ring is 1. The Bertz CT molecular complexity index is 519. The first-order valence-electron chi connectivity index (χ1n) is 6.66. The molecule has 0 saturated heterocycles. The monoisotopic (exact) mass is 316 g/mol. The third kappa shape index (κ3) is 5.88. The Morgan fingerprint density at radius 3 is 2.43 bits per heavy atom. The average Bonchev–Trinajstić information content (AvgIpc) is 2.38. The molecule has 0 aliphatic rings. The number of nitrogens with zero attached hydrogens (tertiary/aromatic N) is 1. The Morgan fingerprint density at radius 1 is 1.24 bits per heavy atom. The molecule has 0 saturated carbocycles. The summed E-state index contributed by atoms with van der Waals surface area (Å²) in [6, 6.07) is 5.69. The van der Waals surface area contributed by atoms with Crippen molar-refractivity contribution in [3.63, 3.8) is 0 Å². The molecule has 6 heteroatoms. The molecule has 0 fully saturated rings. The molecule has 21 heavy (non-hydrogen) atoms. The highest BCUT2D eigenvalue weighted by Crippen LogP contribution is 2.34. The molecule has 1 aromatic rings. The molecule has 116 valence electrons. The van der Waals surface area contributed by atoms with Gasteiger partial charge in [0.25, 0.3) is 0 Å². The van der Waals surface area contributed by atoms with Crippen molar-refractivity contribution in [2.24, 2.45) is 5.41 Å². The fourth-order valence-corrected chi connectivity index (χ4v) is 2.72. The predicted octanol–water partition coefficient (Wildman–Crippen LogP) is 5.10. The van der Waals surface area contributed by atoms with E-state index in [9.17, 15) is 13.2 Å². The zero-order chi connectivity index (χ0) is 16.1. The van der Waals surface area contributed by atoms with E-state index in [0.717, 1.165) is 37.1 Å². The first-order valence-corrected chi connectivity index (χ1v) is 7.65. The van der Waals surface area contributed by atoms with Gasteiger partial charge in [0.05, 0.1) is 17.0 Å². The van der Waals surface area contributed by atoms with E-state index in [4.69, 9.17) is 11.0 Å². The van der Waals surface area contributed by atoms with Gasteiger partial charge >= 0.3 is 6.18 Å². The number of hydrogen-bond acceptors (Lipinski definition) is 3. The van der Waals surface area contributed by atoms with E-state index < -0.39 is 11.7 Å². The van der Waals surface area contributed by atoms with E-state index in [-0.39, 0.29) is 11.1 Å². The van der Waals surface area contributed by atoms with Gasteiger partial charge in [0.15, 0.2) is 0 Å². The second kappa shape index (κ2) is 7.08. The lowest BCUT2D eigenvalue weighted by molar-refractivity contribution is -0.137. The van der Waals surface area contributed by atoms with Crippen LogP contribution in [-0.2, 0) is 6.18 Å². The molecule has 2 nitrogen and oxygen atoms in total. The van der Waals surface area contributed by atoms with Crippen LogP contribution < -0.4 is 5.73 Å². The van der Waals surface area contributed by atoms with Crippen molar-refractivity contribution in [2.75, 3.05) is 11.5 Å². The Kier molecular flexibility index (Phi) is 5.97. The fourth-order valence-electron chi connectivity index (χ4n) is 1.76. The number of alkyl halides is 3. The summed E-state index contributed by atoms with van der Waals surface area (Å²) in [6.07, 6.45) is -1.74. The highest BCUT2D eigenvalue weighted by molar-refractivity contribution is 7.99. The van der Waals surface area contributed by atoms with E-state index in [2.05, 4.69) is 6.07 Å². The standard InChI is InChI=1S/C15H19F3N2S/c1-14(2,10-19)7-3-4-8-21-13-6-5-11(9-12(13)20)15(16,17)18/h5-6,9H,3-4,7-8,20H2,1-2H3. The Hall–Kier alpha value is -1.35. The minimum atomic E-state index is -4.36. The van der Waals surface area contributed by atoms with Gasteiger partial charge in [-0.2, -0.15) is 18.4 Å². The Balaban J connectivity index is 2.45. The molecule has 0 spiro atoms. The van der Waals surface area contributed by atoms with Gasteiger partial charge in [0.1, 0.15) is 0 Å². The largest absolute Gasteiger partial charge is 0.416 e. The third-order valence-electron chi connectivity index (χ3n) is 3.09. The summed E-state index contributed by atoms with van der Waals surface area (Å²) in [5.41, 5.74) is 4.78. The van der Waals surface area contributed by atoms with Crippen LogP contribution in [0.15, 0.2) is 23.1 Å². The molecule has 1 rings (SSSR count). The van der Waals surface area contributed by atoms with Crippen LogP contribution in [-0.4, -0.2) is 5.75 Å².